The van der Waals surface area contributed by atoms with Crippen molar-refractivity contribution < 1.29 is 18.7 Å². The van der Waals surface area contributed by atoms with E-state index in [1.807, 2.05) is 0 Å². The summed E-state index contributed by atoms with van der Waals surface area (Å²) < 4.78 is 17.5. The standard InChI is InChI=1S/C15H26O4Si/c1-14(2,3)20(4,5)19-11-12-10-15(7-6-13(12)16)17-8-9-18-15/h6-7,12H,8-11H2,1-5H3. The Morgan fingerprint density at radius 1 is 1.35 bits per heavy atom. The maximum Gasteiger partial charge on any atom is 0.192 e. The highest BCUT2D eigenvalue weighted by Gasteiger charge is 2.43. The van der Waals surface area contributed by atoms with E-state index < -0.39 is 14.1 Å². The second kappa shape index (κ2) is 5.37. The van der Waals surface area contributed by atoms with Crippen LogP contribution in [-0.2, 0) is 18.7 Å². The maximum absolute atomic E-state index is 12.0. The number of ketones is 1. The van der Waals surface area contributed by atoms with Crippen LogP contribution in [0.5, 0.6) is 0 Å². The van der Waals surface area contributed by atoms with Crippen molar-refractivity contribution in [2.75, 3.05) is 19.8 Å². The molecule has 1 unspecified atom stereocenters. The first-order valence-corrected chi connectivity index (χ1v) is 10.2. The fraction of sp³-hybridized carbons (Fsp3) is 0.800. The van der Waals surface area contributed by atoms with Crippen molar-refractivity contribution in [2.24, 2.45) is 5.92 Å². The molecule has 1 aliphatic carbocycles. The molecule has 0 bridgehead atoms. The molecule has 114 valence electrons. The first-order valence-electron chi connectivity index (χ1n) is 7.30. The van der Waals surface area contributed by atoms with Crippen LogP contribution in [0.3, 0.4) is 0 Å². The average molecular weight is 298 g/mol. The molecule has 0 aromatic rings. The molecule has 1 saturated heterocycles. The van der Waals surface area contributed by atoms with Crippen molar-refractivity contribution in [2.45, 2.75) is 51.1 Å². The number of hydrogen-bond donors (Lipinski definition) is 0. The van der Waals surface area contributed by atoms with Crippen LogP contribution in [0.1, 0.15) is 27.2 Å². The van der Waals surface area contributed by atoms with E-state index in [1.54, 1.807) is 12.2 Å². The van der Waals surface area contributed by atoms with Crippen LogP contribution in [0.25, 0.3) is 0 Å². The van der Waals surface area contributed by atoms with E-state index in [1.165, 1.54) is 0 Å². The van der Waals surface area contributed by atoms with Crippen LogP contribution in [0.4, 0.5) is 0 Å². The van der Waals surface area contributed by atoms with Gasteiger partial charge >= 0.3 is 0 Å². The summed E-state index contributed by atoms with van der Waals surface area (Å²) in [5, 5.41) is 0.151. The first-order chi connectivity index (χ1) is 9.15. The summed E-state index contributed by atoms with van der Waals surface area (Å²) in [4.78, 5) is 12.0. The minimum atomic E-state index is -1.83. The lowest BCUT2D eigenvalue weighted by atomic mass is 9.90. The molecule has 1 aliphatic heterocycles. The van der Waals surface area contributed by atoms with Gasteiger partial charge in [-0.1, -0.05) is 20.8 Å². The van der Waals surface area contributed by atoms with E-state index in [0.29, 0.717) is 26.2 Å². The van der Waals surface area contributed by atoms with E-state index in [0.717, 1.165) is 0 Å². The highest BCUT2D eigenvalue weighted by atomic mass is 28.4. The third kappa shape index (κ3) is 3.22. The van der Waals surface area contributed by atoms with Gasteiger partial charge in [0, 0.05) is 18.9 Å². The highest BCUT2D eigenvalue weighted by Crippen LogP contribution is 2.38. The summed E-state index contributed by atoms with van der Waals surface area (Å²) in [5.74, 6) is -0.726. The van der Waals surface area contributed by atoms with Crippen LogP contribution >= 0.6 is 0 Å². The molecular formula is C15H26O4Si. The van der Waals surface area contributed by atoms with E-state index in [2.05, 4.69) is 33.9 Å². The molecule has 0 radical (unpaired) electrons. The van der Waals surface area contributed by atoms with Gasteiger partial charge in [-0.25, -0.2) is 0 Å². The molecule has 1 heterocycles. The summed E-state index contributed by atoms with van der Waals surface area (Å²) in [6.45, 7) is 12.7. The monoisotopic (exact) mass is 298 g/mol. The first kappa shape index (κ1) is 15.9. The summed E-state index contributed by atoms with van der Waals surface area (Å²) in [6.07, 6.45) is 3.91. The molecule has 5 heteroatoms. The van der Waals surface area contributed by atoms with E-state index >= 15 is 0 Å². The molecule has 20 heavy (non-hydrogen) atoms. The van der Waals surface area contributed by atoms with Crippen LogP contribution in [0, 0.1) is 5.92 Å². The minimum absolute atomic E-state index is 0.119. The van der Waals surface area contributed by atoms with Gasteiger partial charge in [-0.3, -0.25) is 4.79 Å². The predicted octanol–water partition coefficient (Wildman–Crippen LogP) is 2.90. The average Bonchev–Trinajstić information content (AvgIpc) is 2.78. The van der Waals surface area contributed by atoms with Crippen molar-refractivity contribution in [3.8, 4) is 0 Å². The molecule has 0 amide bonds. The lowest BCUT2D eigenvalue weighted by molar-refractivity contribution is -0.148. The minimum Gasteiger partial charge on any atom is -0.416 e. The Bertz CT molecular complexity index is 403. The summed E-state index contributed by atoms with van der Waals surface area (Å²) >= 11 is 0. The van der Waals surface area contributed by atoms with Gasteiger partial charge in [0.15, 0.2) is 19.9 Å². The Labute approximate surface area is 122 Å². The molecule has 0 aromatic carbocycles. The Morgan fingerprint density at radius 2 is 1.95 bits per heavy atom. The van der Waals surface area contributed by atoms with Gasteiger partial charge in [0.1, 0.15) is 0 Å². The van der Waals surface area contributed by atoms with Gasteiger partial charge in [0.05, 0.1) is 13.2 Å². The molecule has 0 N–H and O–H groups in total. The van der Waals surface area contributed by atoms with Crippen LogP contribution < -0.4 is 0 Å². The Balaban J connectivity index is 1.99. The molecule has 2 rings (SSSR count). The van der Waals surface area contributed by atoms with Crippen molar-refractivity contribution in [3.63, 3.8) is 0 Å². The van der Waals surface area contributed by atoms with Gasteiger partial charge < -0.3 is 13.9 Å². The van der Waals surface area contributed by atoms with Crippen LogP contribution in [0.15, 0.2) is 12.2 Å². The molecular weight excluding hydrogens is 272 g/mol. The van der Waals surface area contributed by atoms with E-state index in [9.17, 15) is 4.79 Å². The lowest BCUT2D eigenvalue weighted by Crippen LogP contribution is -2.44. The predicted molar refractivity (Wildman–Crippen MR) is 80.0 cm³/mol. The molecule has 0 aromatic heterocycles. The highest BCUT2D eigenvalue weighted by molar-refractivity contribution is 6.74. The number of allylic oxidation sites excluding steroid dienone is 1. The fourth-order valence-corrected chi connectivity index (χ4v) is 3.26. The number of carbonyl (C=O) groups excluding carboxylic acids is 1. The van der Waals surface area contributed by atoms with Gasteiger partial charge in [-0.15, -0.1) is 0 Å². The number of rotatable bonds is 3. The largest absolute Gasteiger partial charge is 0.416 e. The summed E-state index contributed by atoms with van der Waals surface area (Å²) in [6, 6.07) is 0. The Morgan fingerprint density at radius 3 is 2.50 bits per heavy atom. The van der Waals surface area contributed by atoms with Gasteiger partial charge in [0.2, 0.25) is 0 Å². The third-order valence-electron chi connectivity index (χ3n) is 4.66. The zero-order valence-electron chi connectivity index (χ0n) is 13.2. The van der Waals surface area contributed by atoms with Crippen LogP contribution in [-0.4, -0.2) is 39.7 Å². The molecule has 1 atom stereocenters. The normalized spacial score (nSPS) is 26.4. The van der Waals surface area contributed by atoms with Crippen molar-refractivity contribution in [1.82, 2.24) is 0 Å². The third-order valence-corrected chi connectivity index (χ3v) is 9.16. The number of hydrogen-bond acceptors (Lipinski definition) is 4. The Hall–Kier alpha value is -0.493. The van der Waals surface area contributed by atoms with Crippen molar-refractivity contribution in [3.05, 3.63) is 12.2 Å². The summed E-state index contributed by atoms with van der Waals surface area (Å²) in [5.41, 5.74) is 0. The number of ether oxygens (including phenoxy) is 2. The zero-order valence-corrected chi connectivity index (χ0v) is 14.2. The SMILES string of the molecule is CC(C)(C)[Si](C)(C)OCC1CC2(C=CC1=O)OCCO2. The van der Waals surface area contributed by atoms with Gasteiger partial charge in [0.25, 0.3) is 0 Å². The zero-order chi connectivity index (χ0) is 15.0. The quantitative estimate of drug-likeness (QED) is 0.752. The second-order valence-electron chi connectivity index (χ2n) is 7.22. The Kier molecular flexibility index (Phi) is 4.26. The maximum atomic E-state index is 12.0. The second-order valence-corrected chi connectivity index (χ2v) is 12.0. The fourth-order valence-electron chi connectivity index (χ4n) is 2.21. The molecule has 1 spiro atoms. The van der Waals surface area contributed by atoms with Crippen molar-refractivity contribution >= 4 is 14.1 Å². The molecule has 2 aliphatic rings. The molecule has 0 saturated carbocycles. The van der Waals surface area contributed by atoms with E-state index in [-0.39, 0.29) is 16.7 Å². The van der Waals surface area contributed by atoms with Gasteiger partial charge in [-0.2, -0.15) is 0 Å². The van der Waals surface area contributed by atoms with Gasteiger partial charge in [-0.05, 0) is 30.3 Å². The number of carbonyl (C=O) groups is 1. The van der Waals surface area contributed by atoms with Crippen LogP contribution in [0.2, 0.25) is 18.1 Å². The molecule has 1 fully saturated rings. The smallest absolute Gasteiger partial charge is 0.192 e. The summed E-state index contributed by atoms with van der Waals surface area (Å²) in [7, 11) is -1.83. The topological polar surface area (TPSA) is 44.8 Å². The molecule has 4 nitrogen and oxygen atoms in total. The van der Waals surface area contributed by atoms with Crippen molar-refractivity contribution in [1.29, 1.82) is 0 Å². The van der Waals surface area contributed by atoms with E-state index in [4.69, 9.17) is 13.9 Å². The lowest BCUT2D eigenvalue weighted by Gasteiger charge is -2.38.